The Kier molecular flexibility index (Phi) is 3.46. The van der Waals surface area contributed by atoms with Crippen LogP contribution in [0.3, 0.4) is 0 Å². The summed E-state index contributed by atoms with van der Waals surface area (Å²) in [5.41, 5.74) is 5.03. The lowest BCUT2D eigenvalue weighted by molar-refractivity contribution is 0.156. The predicted molar refractivity (Wildman–Crippen MR) is 80.8 cm³/mol. The minimum Gasteiger partial charge on any atom is -0.388 e. The number of aliphatic hydroxyl groups is 1. The summed E-state index contributed by atoms with van der Waals surface area (Å²) >= 11 is 3.22. The number of aryl methyl sites for hydroxylation is 2. The Bertz CT molecular complexity index is 678. The van der Waals surface area contributed by atoms with Crippen molar-refractivity contribution in [2.45, 2.75) is 39.2 Å². The third-order valence-corrected chi connectivity index (χ3v) is 4.66. The molecule has 0 radical (unpaired) electrons. The largest absolute Gasteiger partial charge is 0.388 e. The summed E-state index contributed by atoms with van der Waals surface area (Å²) in [5.74, 6) is -0.260. The lowest BCUT2D eigenvalue weighted by Gasteiger charge is -2.21. The van der Waals surface area contributed by atoms with Crippen molar-refractivity contribution < 1.29 is 9.50 Å². The average Bonchev–Trinajstić information content (AvgIpc) is 2.72. The van der Waals surface area contributed by atoms with Crippen LogP contribution in [0, 0.1) is 19.7 Å². The molecule has 0 spiro atoms. The van der Waals surface area contributed by atoms with Gasteiger partial charge in [-0.15, -0.1) is 0 Å². The maximum absolute atomic E-state index is 13.9. The van der Waals surface area contributed by atoms with Gasteiger partial charge in [0.15, 0.2) is 0 Å². The predicted octanol–water partition coefficient (Wildman–Crippen LogP) is 4.37. The van der Waals surface area contributed by atoms with E-state index in [1.807, 2.05) is 19.9 Å². The molecular formula is C16H17BrFNO. The SMILES string of the molecule is Cc1cc(Br)c(F)cc1-n1c(C)cc2c1CCCC2O. The molecule has 0 bridgehead atoms. The van der Waals surface area contributed by atoms with E-state index in [1.165, 1.54) is 0 Å². The molecule has 1 aromatic carbocycles. The number of benzene rings is 1. The molecule has 1 aliphatic carbocycles. The zero-order valence-electron chi connectivity index (χ0n) is 11.6. The number of fused-ring (bicyclic) bond motifs is 1. The Balaban J connectivity index is 2.23. The molecule has 3 rings (SSSR count). The van der Waals surface area contributed by atoms with Crippen molar-refractivity contribution in [2.75, 3.05) is 0 Å². The molecule has 20 heavy (non-hydrogen) atoms. The molecule has 0 fully saturated rings. The summed E-state index contributed by atoms with van der Waals surface area (Å²) in [6, 6.07) is 5.39. The molecular weight excluding hydrogens is 321 g/mol. The second-order valence-corrected chi connectivity index (χ2v) is 6.34. The molecule has 1 atom stereocenters. The van der Waals surface area contributed by atoms with Gasteiger partial charge in [-0.3, -0.25) is 0 Å². The Morgan fingerprint density at radius 2 is 2.05 bits per heavy atom. The molecule has 1 aliphatic rings. The van der Waals surface area contributed by atoms with Gasteiger partial charge < -0.3 is 9.67 Å². The van der Waals surface area contributed by atoms with Crippen LogP contribution in [0.25, 0.3) is 5.69 Å². The highest BCUT2D eigenvalue weighted by molar-refractivity contribution is 9.10. The van der Waals surface area contributed by atoms with Gasteiger partial charge in [0, 0.05) is 17.0 Å². The van der Waals surface area contributed by atoms with Crippen LogP contribution >= 0.6 is 15.9 Å². The number of aromatic nitrogens is 1. The molecule has 0 saturated heterocycles. The summed E-state index contributed by atoms with van der Waals surface area (Å²) in [6.07, 6.45) is 2.32. The van der Waals surface area contributed by atoms with Gasteiger partial charge in [-0.2, -0.15) is 0 Å². The van der Waals surface area contributed by atoms with Gasteiger partial charge >= 0.3 is 0 Å². The first-order chi connectivity index (χ1) is 9.49. The highest BCUT2D eigenvalue weighted by Crippen LogP contribution is 2.35. The zero-order valence-corrected chi connectivity index (χ0v) is 13.2. The molecule has 0 saturated carbocycles. The first kappa shape index (κ1) is 13.8. The highest BCUT2D eigenvalue weighted by Gasteiger charge is 2.24. The maximum atomic E-state index is 13.9. The van der Waals surface area contributed by atoms with Crippen molar-refractivity contribution in [3.8, 4) is 5.69 Å². The van der Waals surface area contributed by atoms with Gasteiger partial charge in [0.25, 0.3) is 0 Å². The van der Waals surface area contributed by atoms with Crippen LogP contribution in [-0.4, -0.2) is 9.67 Å². The lowest BCUT2D eigenvalue weighted by Crippen LogP contribution is -2.12. The van der Waals surface area contributed by atoms with Crippen LogP contribution in [0.4, 0.5) is 4.39 Å². The van der Waals surface area contributed by atoms with Crippen molar-refractivity contribution in [1.82, 2.24) is 4.57 Å². The van der Waals surface area contributed by atoms with E-state index in [0.29, 0.717) is 4.47 Å². The van der Waals surface area contributed by atoms with Crippen LogP contribution in [0.2, 0.25) is 0 Å². The number of hydrogen-bond acceptors (Lipinski definition) is 1. The lowest BCUT2D eigenvalue weighted by atomic mass is 9.95. The van der Waals surface area contributed by atoms with Crippen LogP contribution in [0.15, 0.2) is 22.7 Å². The molecule has 2 aromatic rings. The van der Waals surface area contributed by atoms with Gasteiger partial charge in [0.05, 0.1) is 16.3 Å². The number of hydrogen-bond donors (Lipinski definition) is 1. The number of aliphatic hydroxyl groups excluding tert-OH is 1. The molecule has 106 valence electrons. The first-order valence-corrected chi connectivity index (χ1v) is 7.63. The summed E-state index contributed by atoms with van der Waals surface area (Å²) in [5, 5.41) is 10.1. The Hall–Kier alpha value is -1.13. The van der Waals surface area contributed by atoms with E-state index in [-0.39, 0.29) is 11.9 Å². The van der Waals surface area contributed by atoms with E-state index >= 15 is 0 Å². The topological polar surface area (TPSA) is 25.2 Å². The Labute approximate surface area is 126 Å². The van der Waals surface area contributed by atoms with Gasteiger partial charge in [-0.1, -0.05) is 0 Å². The van der Waals surface area contributed by atoms with Gasteiger partial charge in [-0.25, -0.2) is 4.39 Å². The van der Waals surface area contributed by atoms with E-state index in [9.17, 15) is 9.50 Å². The van der Waals surface area contributed by atoms with E-state index in [1.54, 1.807) is 12.1 Å². The normalized spacial score (nSPS) is 18.1. The van der Waals surface area contributed by atoms with Crippen LogP contribution in [-0.2, 0) is 6.42 Å². The van der Waals surface area contributed by atoms with Crippen LogP contribution in [0.1, 0.15) is 41.5 Å². The second kappa shape index (κ2) is 5.01. The molecule has 0 amide bonds. The summed E-state index contributed by atoms with van der Waals surface area (Å²) in [6.45, 7) is 3.98. The van der Waals surface area contributed by atoms with Crippen molar-refractivity contribution in [1.29, 1.82) is 0 Å². The fraction of sp³-hybridized carbons (Fsp3) is 0.375. The number of rotatable bonds is 1. The Morgan fingerprint density at radius 3 is 2.80 bits per heavy atom. The van der Waals surface area contributed by atoms with Crippen LogP contribution in [0.5, 0.6) is 0 Å². The average molecular weight is 338 g/mol. The third-order valence-electron chi connectivity index (χ3n) is 4.05. The van der Waals surface area contributed by atoms with Crippen LogP contribution < -0.4 is 0 Å². The van der Waals surface area contributed by atoms with Crippen molar-refractivity contribution >= 4 is 15.9 Å². The Morgan fingerprint density at radius 1 is 1.30 bits per heavy atom. The minimum absolute atomic E-state index is 0.260. The van der Waals surface area contributed by atoms with Crippen molar-refractivity contribution in [2.24, 2.45) is 0 Å². The molecule has 0 aliphatic heterocycles. The molecule has 1 N–H and O–H groups in total. The van der Waals surface area contributed by atoms with Crippen molar-refractivity contribution in [3.05, 3.63) is 51.0 Å². The van der Waals surface area contributed by atoms with E-state index < -0.39 is 0 Å². The fourth-order valence-corrected chi connectivity index (χ4v) is 3.55. The summed E-state index contributed by atoms with van der Waals surface area (Å²) in [7, 11) is 0. The molecule has 2 nitrogen and oxygen atoms in total. The quantitative estimate of drug-likeness (QED) is 0.821. The van der Waals surface area contributed by atoms with E-state index in [0.717, 1.165) is 47.5 Å². The maximum Gasteiger partial charge on any atom is 0.139 e. The van der Waals surface area contributed by atoms with E-state index in [2.05, 4.69) is 20.5 Å². The summed E-state index contributed by atoms with van der Waals surface area (Å²) in [4.78, 5) is 0. The molecule has 1 aromatic heterocycles. The molecule has 4 heteroatoms. The number of nitrogens with zero attached hydrogens (tertiary/aromatic N) is 1. The third kappa shape index (κ3) is 2.11. The first-order valence-electron chi connectivity index (χ1n) is 6.84. The number of halogens is 2. The minimum atomic E-state index is -0.390. The highest BCUT2D eigenvalue weighted by atomic mass is 79.9. The van der Waals surface area contributed by atoms with Gasteiger partial charge in [0.1, 0.15) is 5.82 Å². The zero-order chi connectivity index (χ0) is 14.4. The van der Waals surface area contributed by atoms with Crippen molar-refractivity contribution in [3.63, 3.8) is 0 Å². The fourth-order valence-electron chi connectivity index (χ4n) is 3.09. The smallest absolute Gasteiger partial charge is 0.139 e. The molecule has 1 unspecified atom stereocenters. The second-order valence-electron chi connectivity index (χ2n) is 5.48. The monoisotopic (exact) mass is 337 g/mol. The standard InChI is InChI=1S/C16H17BrFNO/c1-9-6-12(17)13(18)8-15(9)19-10(2)7-11-14(19)4-3-5-16(11)20/h6-8,16,20H,3-5H2,1-2H3. The van der Waals surface area contributed by atoms with Gasteiger partial charge in [0.2, 0.25) is 0 Å². The van der Waals surface area contributed by atoms with Gasteiger partial charge in [-0.05, 0) is 72.8 Å². The van der Waals surface area contributed by atoms with E-state index in [4.69, 9.17) is 0 Å². The summed E-state index contributed by atoms with van der Waals surface area (Å²) < 4.78 is 16.5. The molecule has 1 heterocycles.